The Morgan fingerprint density at radius 2 is 1.96 bits per heavy atom. The Bertz CT molecular complexity index is 499. The van der Waals surface area contributed by atoms with Crippen LogP contribution in [0.1, 0.15) is 49.4 Å². The van der Waals surface area contributed by atoms with Gasteiger partial charge in [-0.25, -0.2) is 4.79 Å². The highest BCUT2D eigenvalue weighted by Crippen LogP contribution is 2.13. The number of hydrogen-bond donors (Lipinski definition) is 1. The Hall–Kier alpha value is -1.63. The summed E-state index contributed by atoms with van der Waals surface area (Å²) in [7, 11) is 0. The molecule has 26 heavy (non-hydrogen) atoms. The molecular weight excluding hydrogens is 334 g/mol. The van der Waals surface area contributed by atoms with E-state index in [0.717, 1.165) is 50.9 Å². The number of unbranched alkanes of at least 4 members (excludes halogenated alkanes) is 1. The molecule has 1 saturated heterocycles. The van der Waals surface area contributed by atoms with Gasteiger partial charge in [0.1, 0.15) is 6.61 Å². The highest BCUT2D eigenvalue weighted by atomic mass is 16.7. The molecule has 1 aromatic carbocycles. The van der Waals surface area contributed by atoms with Crippen molar-refractivity contribution >= 4 is 11.7 Å². The zero-order valence-electron chi connectivity index (χ0n) is 15.7. The Morgan fingerprint density at radius 1 is 1.15 bits per heavy atom. The summed E-state index contributed by atoms with van der Waals surface area (Å²) in [5.74, 6) is -0.333. The second-order valence-electron chi connectivity index (χ2n) is 6.27. The van der Waals surface area contributed by atoms with Crippen molar-refractivity contribution in [2.24, 2.45) is 0 Å². The summed E-state index contributed by atoms with van der Waals surface area (Å²) in [5, 5.41) is 3.31. The number of ether oxygens (including phenoxy) is 4. The van der Waals surface area contributed by atoms with E-state index in [1.54, 1.807) is 12.1 Å². The van der Waals surface area contributed by atoms with Crippen LogP contribution in [0.25, 0.3) is 0 Å². The summed E-state index contributed by atoms with van der Waals surface area (Å²) >= 11 is 0. The van der Waals surface area contributed by atoms with Gasteiger partial charge in [0.05, 0.1) is 25.4 Å². The fourth-order valence-electron chi connectivity index (χ4n) is 2.59. The normalized spacial score (nSPS) is 17.0. The topological polar surface area (TPSA) is 66.0 Å². The molecule has 0 spiro atoms. The average Bonchev–Trinajstić information content (AvgIpc) is 2.68. The van der Waals surface area contributed by atoms with Crippen LogP contribution in [0, 0.1) is 0 Å². The summed E-state index contributed by atoms with van der Waals surface area (Å²) in [6, 6.07) is 7.34. The summed E-state index contributed by atoms with van der Waals surface area (Å²) in [6.07, 6.45) is 5.40. The van der Waals surface area contributed by atoms with Crippen molar-refractivity contribution in [2.75, 3.05) is 44.9 Å². The molecular formula is C20H31NO5. The number of esters is 1. The van der Waals surface area contributed by atoms with Crippen LogP contribution in [0.3, 0.4) is 0 Å². The van der Waals surface area contributed by atoms with Gasteiger partial charge in [-0.15, -0.1) is 0 Å². The van der Waals surface area contributed by atoms with E-state index in [4.69, 9.17) is 18.9 Å². The van der Waals surface area contributed by atoms with Crippen LogP contribution >= 0.6 is 0 Å². The highest BCUT2D eigenvalue weighted by Gasteiger charge is 2.13. The first-order valence-corrected chi connectivity index (χ1v) is 9.61. The predicted molar refractivity (Wildman–Crippen MR) is 100 cm³/mol. The third kappa shape index (κ3) is 8.17. The number of anilines is 1. The van der Waals surface area contributed by atoms with Gasteiger partial charge in [0.15, 0.2) is 6.29 Å². The third-order valence-corrected chi connectivity index (χ3v) is 4.11. The Balaban J connectivity index is 1.51. The molecule has 6 nitrogen and oxygen atoms in total. The molecule has 0 aliphatic carbocycles. The third-order valence-electron chi connectivity index (χ3n) is 4.11. The molecule has 0 bridgehead atoms. The highest BCUT2D eigenvalue weighted by molar-refractivity contribution is 5.89. The van der Waals surface area contributed by atoms with Crippen LogP contribution in [0.15, 0.2) is 24.3 Å². The number of carbonyl (C=O) groups is 1. The Labute approximate surface area is 156 Å². The van der Waals surface area contributed by atoms with Crippen LogP contribution in [-0.4, -0.2) is 51.8 Å². The van der Waals surface area contributed by atoms with E-state index in [2.05, 4.69) is 12.2 Å². The fraction of sp³-hybridized carbons (Fsp3) is 0.650. The molecule has 0 saturated carbocycles. The maximum absolute atomic E-state index is 12.0. The quantitative estimate of drug-likeness (QED) is 0.451. The lowest BCUT2D eigenvalue weighted by atomic mass is 10.2. The van der Waals surface area contributed by atoms with Crippen molar-refractivity contribution < 1.29 is 23.7 Å². The van der Waals surface area contributed by atoms with Crippen molar-refractivity contribution in [3.05, 3.63) is 29.8 Å². The minimum atomic E-state index is -0.333. The van der Waals surface area contributed by atoms with Crippen LogP contribution in [-0.2, 0) is 18.9 Å². The maximum Gasteiger partial charge on any atom is 0.338 e. The van der Waals surface area contributed by atoms with Crippen LogP contribution in [0.5, 0.6) is 0 Å². The lowest BCUT2D eigenvalue weighted by molar-refractivity contribution is -0.169. The average molecular weight is 365 g/mol. The molecule has 0 radical (unpaired) electrons. The number of benzene rings is 1. The first-order chi connectivity index (χ1) is 12.8. The largest absolute Gasteiger partial charge is 0.460 e. The van der Waals surface area contributed by atoms with Gasteiger partial charge >= 0.3 is 5.97 Å². The molecule has 0 aromatic heterocycles. The Morgan fingerprint density at radius 3 is 2.69 bits per heavy atom. The summed E-state index contributed by atoms with van der Waals surface area (Å²) in [4.78, 5) is 12.0. The second-order valence-corrected chi connectivity index (χ2v) is 6.27. The number of rotatable bonds is 12. The van der Waals surface area contributed by atoms with Gasteiger partial charge < -0.3 is 24.3 Å². The van der Waals surface area contributed by atoms with Gasteiger partial charge in [0, 0.05) is 18.8 Å². The SMILES string of the molecule is CCCCNc1ccc(C(=O)OCCOCCOC2CCCCO2)cc1. The van der Waals surface area contributed by atoms with Crippen LogP contribution < -0.4 is 5.32 Å². The van der Waals surface area contributed by atoms with E-state index < -0.39 is 0 Å². The van der Waals surface area contributed by atoms with E-state index in [0.29, 0.717) is 25.4 Å². The molecule has 1 aromatic rings. The first-order valence-electron chi connectivity index (χ1n) is 9.61. The zero-order chi connectivity index (χ0) is 18.5. The van der Waals surface area contributed by atoms with Crippen LogP contribution in [0.4, 0.5) is 5.69 Å². The van der Waals surface area contributed by atoms with Gasteiger partial charge in [-0.05, 0) is 49.9 Å². The smallest absolute Gasteiger partial charge is 0.338 e. The fourth-order valence-corrected chi connectivity index (χ4v) is 2.59. The molecule has 1 unspecified atom stereocenters. The molecule has 1 aliphatic heterocycles. The van der Waals surface area contributed by atoms with Gasteiger partial charge in [-0.3, -0.25) is 0 Å². The van der Waals surface area contributed by atoms with E-state index in [-0.39, 0.29) is 18.9 Å². The monoisotopic (exact) mass is 365 g/mol. The zero-order valence-corrected chi connectivity index (χ0v) is 15.7. The van der Waals surface area contributed by atoms with E-state index >= 15 is 0 Å². The summed E-state index contributed by atoms with van der Waals surface area (Å²) in [6.45, 7) is 5.42. The lowest BCUT2D eigenvalue weighted by Crippen LogP contribution is -2.24. The Kier molecular flexibility index (Phi) is 10.1. The van der Waals surface area contributed by atoms with E-state index in [9.17, 15) is 4.79 Å². The molecule has 2 rings (SSSR count). The molecule has 1 fully saturated rings. The second kappa shape index (κ2) is 12.7. The van der Waals surface area contributed by atoms with E-state index in [1.807, 2.05) is 12.1 Å². The number of hydrogen-bond acceptors (Lipinski definition) is 6. The number of carbonyl (C=O) groups excluding carboxylic acids is 1. The lowest BCUT2D eigenvalue weighted by Gasteiger charge is -2.22. The predicted octanol–water partition coefficient (Wildman–Crippen LogP) is 3.62. The van der Waals surface area contributed by atoms with Gasteiger partial charge in [0.2, 0.25) is 0 Å². The minimum absolute atomic E-state index is 0.0930. The number of nitrogens with one attached hydrogen (secondary N) is 1. The molecule has 1 atom stereocenters. The maximum atomic E-state index is 12.0. The van der Waals surface area contributed by atoms with Crippen LogP contribution in [0.2, 0.25) is 0 Å². The van der Waals surface area contributed by atoms with Crippen molar-refractivity contribution in [3.63, 3.8) is 0 Å². The summed E-state index contributed by atoms with van der Waals surface area (Å²) < 4.78 is 21.7. The van der Waals surface area contributed by atoms with Crippen molar-refractivity contribution in [2.45, 2.75) is 45.3 Å². The molecule has 146 valence electrons. The first kappa shape index (κ1) is 20.7. The molecule has 1 aliphatic rings. The van der Waals surface area contributed by atoms with E-state index in [1.165, 1.54) is 0 Å². The molecule has 6 heteroatoms. The van der Waals surface area contributed by atoms with Crippen molar-refractivity contribution in [1.29, 1.82) is 0 Å². The molecule has 1 heterocycles. The van der Waals surface area contributed by atoms with Crippen molar-refractivity contribution in [1.82, 2.24) is 0 Å². The molecule has 0 amide bonds. The summed E-state index contributed by atoms with van der Waals surface area (Å²) in [5.41, 5.74) is 1.56. The standard InChI is InChI=1S/C20H31NO5/c1-2-3-11-21-18-9-7-17(8-10-18)20(22)26-16-14-23-13-15-25-19-6-4-5-12-24-19/h7-10,19,21H,2-6,11-16H2,1H3. The minimum Gasteiger partial charge on any atom is -0.460 e. The van der Waals surface area contributed by atoms with Crippen molar-refractivity contribution in [3.8, 4) is 0 Å². The van der Waals surface area contributed by atoms with Gasteiger partial charge in [0.25, 0.3) is 0 Å². The van der Waals surface area contributed by atoms with Gasteiger partial charge in [-0.1, -0.05) is 13.3 Å². The molecule has 1 N–H and O–H groups in total. The van der Waals surface area contributed by atoms with Gasteiger partial charge in [-0.2, -0.15) is 0 Å².